The maximum Gasteiger partial charge on any atom is 0.411 e. The van der Waals surface area contributed by atoms with E-state index in [9.17, 15) is 14.4 Å². The third kappa shape index (κ3) is 5.10. The summed E-state index contributed by atoms with van der Waals surface area (Å²) in [5.74, 6) is -0.461. The molecule has 0 aromatic heterocycles. The van der Waals surface area contributed by atoms with Crippen molar-refractivity contribution >= 4 is 23.6 Å². The van der Waals surface area contributed by atoms with Gasteiger partial charge in [0.15, 0.2) is 12.1 Å². The van der Waals surface area contributed by atoms with Crippen LogP contribution in [0.25, 0.3) is 0 Å². The first kappa shape index (κ1) is 23.3. The molecule has 2 aromatic rings. The molecule has 0 bridgehead atoms. The predicted octanol–water partition coefficient (Wildman–Crippen LogP) is 4.13. The van der Waals surface area contributed by atoms with Crippen LogP contribution in [0.4, 0.5) is 10.5 Å². The van der Waals surface area contributed by atoms with Gasteiger partial charge in [-0.15, -0.1) is 0 Å². The molecule has 1 saturated heterocycles. The first-order chi connectivity index (χ1) is 15.2. The van der Waals surface area contributed by atoms with Gasteiger partial charge < -0.3 is 15.0 Å². The summed E-state index contributed by atoms with van der Waals surface area (Å²) in [6.45, 7) is 8.30. The van der Waals surface area contributed by atoms with Gasteiger partial charge in [0.05, 0.1) is 6.54 Å². The Hall–Kier alpha value is -3.35. The Morgan fingerprint density at radius 3 is 2.47 bits per heavy atom. The van der Waals surface area contributed by atoms with Crippen LogP contribution >= 0.6 is 0 Å². The Morgan fingerprint density at radius 2 is 1.84 bits per heavy atom. The number of hydrogen-bond donors (Lipinski definition) is 1. The van der Waals surface area contributed by atoms with Crippen LogP contribution in [0.2, 0.25) is 0 Å². The molecule has 0 radical (unpaired) electrons. The molecule has 170 valence electrons. The van der Waals surface area contributed by atoms with Crippen molar-refractivity contribution < 1.29 is 19.1 Å². The molecule has 0 spiro atoms. The average molecular weight is 438 g/mol. The van der Waals surface area contributed by atoms with Gasteiger partial charge in [-0.05, 0) is 37.1 Å². The zero-order valence-electron chi connectivity index (χ0n) is 19.3. The number of hydrogen-bond acceptors (Lipinski definition) is 4. The van der Waals surface area contributed by atoms with Gasteiger partial charge in [-0.3, -0.25) is 14.5 Å². The molecule has 2 unspecified atom stereocenters. The van der Waals surface area contributed by atoms with E-state index in [2.05, 4.69) is 5.32 Å². The molecule has 3 rings (SSSR count). The zero-order valence-corrected chi connectivity index (χ0v) is 19.3. The molecular formula is C25H31N3O4. The number of rotatable bonds is 7. The molecule has 32 heavy (non-hydrogen) atoms. The number of likely N-dealkylation sites (N-methyl/N-ethyl adjacent to an activating group) is 1. The number of anilines is 1. The van der Waals surface area contributed by atoms with Gasteiger partial charge in [0.25, 0.3) is 0 Å². The van der Waals surface area contributed by atoms with E-state index in [0.717, 1.165) is 11.1 Å². The Balaban J connectivity index is 1.93. The first-order valence-corrected chi connectivity index (χ1v) is 10.9. The molecule has 1 heterocycles. The Kier molecular flexibility index (Phi) is 7.18. The van der Waals surface area contributed by atoms with E-state index in [4.69, 9.17) is 4.74 Å². The largest absolute Gasteiger partial charge is 0.438 e. The normalized spacial score (nSPS) is 17.9. The second kappa shape index (κ2) is 9.85. The van der Waals surface area contributed by atoms with Gasteiger partial charge in [0.1, 0.15) is 0 Å². The highest BCUT2D eigenvalue weighted by Gasteiger charge is 2.47. The summed E-state index contributed by atoms with van der Waals surface area (Å²) in [5.41, 5.74) is 3.30. The second-order valence-corrected chi connectivity index (χ2v) is 8.48. The van der Waals surface area contributed by atoms with Gasteiger partial charge in [0.2, 0.25) is 11.8 Å². The molecule has 1 fully saturated rings. The minimum atomic E-state index is -0.801. The van der Waals surface area contributed by atoms with Gasteiger partial charge in [0, 0.05) is 25.2 Å². The van der Waals surface area contributed by atoms with Crippen LogP contribution in [0, 0.1) is 12.8 Å². The second-order valence-electron chi connectivity index (χ2n) is 8.48. The van der Waals surface area contributed by atoms with Crippen LogP contribution in [0.5, 0.6) is 0 Å². The van der Waals surface area contributed by atoms with E-state index in [1.807, 2.05) is 58.0 Å². The summed E-state index contributed by atoms with van der Waals surface area (Å²) >= 11 is 0. The number of nitrogens with zero attached hydrogens (tertiary/aromatic N) is 2. The lowest BCUT2D eigenvalue weighted by molar-refractivity contribution is -0.135. The fraction of sp³-hybridized carbons (Fsp3) is 0.400. The van der Waals surface area contributed by atoms with E-state index >= 15 is 0 Å². The summed E-state index contributed by atoms with van der Waals surface area (Å²) in [7, 11) is 1.71. The fourth-order valence-corrected chi connectivity index (χ4v) is 3.55. The molecular weight excluding hydrogens is 406 g/mol. The monoisotopic (exact) mass is 437 g/mol. The SMILES string of the molecule is CCN(C)C(=O)C1C(c2cccc(NC(=O)C(C)C)c2)OC(=O)N1Cc1ccc(C)cc1. The van der Waals surface area contributed by atoms with Crippen molar-refractivity contribution in [1.82, 2.24) is 9.80 Å². The third-order valence-electron chi connectivity index (χ3n) is 5.67. The first-order valence-electron chi connectivity index (χ1n) is 10.9. The number of cyclic esters (lactones) is 1. The Labute approximate surface area is 189 Å². The van der Waals surface area contributed by atoms with Crippen molar-refractivity contribution in [2.45, 2.75) is 46.4 Å². The summed E-state index contributed by atoms with van der Waals surface area (Å²) in [6, 6.07) is 14.2. The topological polar surface area (TPSA) is 79.0 Å². The van der Waals surface area contributed by atoms with Crippen LogP contribution in [0.3, 0.4) is 0 Å². The van der Waals surface area contributed by atoms with Crippen LogP contribution in [-0.2, 0) is 20.9 Å². The van der Waals surface area contributed by atoms with Gasteiger partial charge in [-0.25, -0.2) is 4.79 Å². The Morgan fingerprint density at radius 1 is 1.16 bits per heavy atom. The fourth-order valence-electron chi connectivity index (χ4n) is 3.55. The maximum absolute atomic E-state index is 13.3. The molecule has 3 amide bonds. The van der Waals surface area contributed by atoms with Gasteiger partial charge >= 0.3 is 6.09 Å². The molecule has 7 heteroatoms. The van der Waals surface area contributed by atoms with Crippen molar-refractivity contribution in [3.8, 4) is 0 Å². The summed E-state index contributed by atoms with van der Waals surface area (Å²) < 4.78 is 5.72. The van der Waals surface area contributed by atoms with Crippen molar-refractivity contribution in [2.75, 3.05) is 18.9 Å². The highest BCUT2D eigenvalue weighted by atomic mass is 16.6. The summed E-state index contributed by atoms with van der Waals surface area (Å²) in [6.07, 6.45) is -1.31. The molecule has 1 N–H and O–H groups in total. The highest BCUT2D eigenvalue weighted by Crippen LogP contribution is 2.35. The lowest BCUT2D eigenvalue weighted by atomic mass is 9.99. The number of carbonyl (C=O) groups excluding carboxylic acids is 3. The zero-order chi connectivity index (χ0) is 23.4. The lowest BCUT2D eigenvalue weighted by Crippen LogP contribution is -2.46. The van der Waals surface area contributed by atoms with E-state index in [1.165, 1.54) is 4.90 Å². The van der Waals surface area contributed by atoms with E-state index < -0.39 is 18.2 Å². The van der Waals surface area contributed by atoms with Crippen molar-refractivity contribution in [1.29, 1.82) is 0 Å². The van der Waals surface area contributed by atoms with E-state index in [0.29, 0.717) is 17.8 Å². The summed E-state index contributed by atoms with van der Waals surface area (Å²) in [5, 5.41) is 2.86. The van der Waals surface area contributed by atoms with Gasteiger partial charge in [-0.2, -0.15) is 0 Å². The average Bonchev–Trinajstić information content (AvgIpc) is 3.10. The van der Waals surface area contributed by atoms with E-state index in [1.54, 1.807) is 30.1 Å². The number of nitrogens with one attached hydrogen (secondary N) is 1. The van der Waals surface area contributed by atoms with Crippen LogP contribution in [-0.4, -0.2) is 47.3 Å². The molecule has 2 atom stereocenters. The van der Waals surface area contributed by atoms with Crippen molar-refractivity contribution in [3.63, 3.8) is 0 Å². The van der Waals surface area contributed by atoms with Crippen LogP contribution in [0.15, 0.2) is 48.5 Å². The molecule has 7 nitrogen and oxygen atoms in total. The third-order valence-corrected chi connectivity index (χ3v) is 5.67. The molecule has 0 saturated carbocycles. The standard InChI is InChI=1S/C25H31N3O4/c1-6-27(5)24(30)21-22(19-8-7-9-20(14-19)26-23(29)16(2)3)32-25(31)28(21)15-18-12-10-17(4)11-13-18/h7-14,16,21-22H,6,15H2,1-5H3,(H,26,29). The number of amides is 3. The number of benzene rings is 2. The van der Waals surface area contributed by atoms with Crippen LogP contribution in [0.1, 0.15) is 43.6 Å². The smallest absolute Gasteiger partial charge is 0.411 e. The highest BCUT2D eigenvalue weighted by molar-refractivity contribution is 5.92. The van der Waals surface area contributed by atoms with Crippen LogP contribution < -0.4 is 5.32 Å². The van der Waals surface area contributed by atoms with Crippen molar-refractivity contribution in [3.05, 3.63) is 65.2 Å². The molecule has 1 aliphatic rings. The minimum absolute atomic E-state index is 0.107. The number of ether oxygens (including phenoxy) is 1. The van der Waals surface area contributed by atoms with E-state index in [-0.39, 0.29) is 24.3 Å². The Bertz CT molecular complexity index is 987. The van der Waals surface area contributed by atoms with Gasteiger partial charge in [-0.1, -0.05) is 55.8 Å². The lowest BCUT2D eigenvalue weighted by Gasteiger charge is -2.28. The quantitative estimate of drug-likeness (QED) is 0.706. The maximum atomic E-state index is 13.3. The minimum Gasteiger partial charge on any atom is -0.438 e. The number of aryl methyl sites for hydroxylation is 1. The number of carbonyl (C=O) groups is 3. The molecule has 0 aliphatic carbocycles. The molecule has 1 aliphatic heterocycles. The van der Waals surface area contributed by atoms with Crippen molar-refractivity contribution in [2.24, 2.45) is 5.92 Å². The predicted molar refractivity (Wildman–Crippen MR) is 123 cm³/mol. The summed E-state index contributed by atoms with van der Waals surface area (Å²) in [4.78, 5) is 41.4. The molecule has 2 aromatic carbocycles.